The van der Waals surface area contributed by atoms with Gasteiger partial charge in [0.15, 0.2) is 0 Å². The van der Waals surface area contributed by atoms with Crippen LogP contribution in [-0.4, -0.2) is 25.5 Å². The molecule has 0 aliphatic heterocycles. The van der Waals surface area contributed by atoms with Gasteiger partial charge in [0.25, 0.3) is 10.0 Å². The summed E-state index contributed by atoms with van der Waals surface area (Å²) < 4.78 is 32.3. The molecular formula is C14H12ClN3O4S. The van der Waals surface area contributed by atoms with E-state index in [0.717, 1.165) is 0 Å². The molecule has 3 N–H and O–H groups in total. The molecule has 0 saturated heterocycles. The van der Waals surface area contributed by atoms with E-state index in [0.29, 0.717) is 22.5 Å². The number of hydrogen-bond donors (Lipinski definition) is 3. The summed E-state index contributed by atoms with van der Waals surface area (Å²) in [5, 5.41) is 0.290. The molecule has 0 amide bonds. The Morgan fingerprint density at radius 2 is 1.83 bits per heavy atom. The van der Waals surface area contributed by atoms with Gasteiger partial charge in [-0.3, -0.25) is 4.72 Å². The highest BCUT2D eigenvalue weighted by atomic mass is 35.5. The van der Waals surface area contributed by atoms with E-state index in [-0.39, 0.29) is 9.92 Å². The molecule has 0 spiro atoms. The van der Waals surface area contributed by atoms with Gasteiger partial charge in [0.2, 0.25) is 0 Å². The first-order chi connectivity index (χ1) is 10.9. The minimum Gasteiger partial charge on any atom is -0.495 e. The number of aromatic nitrogens is 2. The van der Waals surface area contributed by atoms with Gasteiger partial charge >= 0.3 is 5.69 Å². The first-order valence-corrected chi connectivity index (χ1v) is 8.33. The Morgan fingerprint density at radius 3 is 2.52 bits per heavy atom. The number of H-pyrrole nitrogens is 2. The van der Waals surface area contributed by atoms with Crippen molar-refractivity contribution in [2.45, 2.75) is 4.90 Å². The molecule has 0 aliphatic carbocycles. The largest absolute Gasteiger partial charge is 0.495 e. The van der Waals surface area contributed by atoms with Crippen molar-refractivity contribution >= 4 is 38.3 Å². The number of imidazole rings is 1. The van der Waals surface area contributed by atoms with Crippen LogP contribution < -0.4 is 15.1 Å². The Labute approximate surface area is 136 Å². The number of methoxy groups -OCH3 is 1. The Balaban J connectivity index is 1.96. The predicted octanol–water partition coefficient (Wildman–Crippen LogP) is 2.32. The zero-order valence-corrected chi connectivity index (χ0v) is 13.5. The van der Waals surface area contributed by atoms with Crippen molar-refractivity contribution in [3.05, 3.63) is 51.9 Å². The van der Waals surface area contributed by atoms with Gasteiger partial charge in [0.1, 0.15) is 5.75 Å². The molecule has 0 unspecified atom stereocenters. The summed E-state index contributed by atoms with van der Waals surface area (Å²) in [4.78, 5) is 16.3. The molecule has 1 heterocycles. The van der Waals surface area contributed by atoms with Gasteiger partial charge in [0.05, 0.1) is 33.7 Å². The number of nitrogens with one attached hydrogen (secondary N) is 3. The summed E-state index contributed by atoms with van der Waals surface area (Å²) in [6.07, 6.45) is 0. The highest BCUT2D eigenvalue weighted by Gasteiger charge is 2.16. The van der Waals surface area contributed by atoms with Crippen molar-refractivity contribution in [1.29, 1.82) is 0 Å². The summed E-state index contributed by atoms with van der Waals surface area (Å²) in [6, 6.07) is 8.85. The fourth-order valence-electron chi connectivity index (χ4n) is 2.12. The topological polar surface area (TPSA) is 104 Å². The SMILES string of the molecule is COc1ccc(NS(=O)(=O)c2ccc3[nH]c(=O)[nH]c3c2)cc1Cl. The van der Waals surface area contributed by atoms with E-state index < -0.39 is 15.7 Å². The standard InChI is InChI=1S/C14H12ClN3O4S/c1-22-13-5-2-8(6-10(13)15)18-23(20,21)9-3-4-11-12(7-9)17-14(19)16-11/h2-7,18H,1H3,(H2,16,17,19). The maximum absolute atomic E-state index is 12.4. The van der Waals surface area contributed by atoms with Gasteiger partial charge < -0.3 is 14.7 Å². The van der Waals surface area contributed by atoms with E-state index in [4.69, 9.17) is 16.3 Å². The monoisotopic (exact) mass is 353 g/mol. The molecular weight excluding hydrogens is 342 g/mol. The Hall–Kier alpha value is -2.45. The number of hydrogen-bond acceptors (Lipinski definition) is 4. The number of anilines is 1. The van der Waals surface area contributed by atoms with Crippen LogP contribution in [0.5, 0.6) is 5.75 Å². The van der Waals surface area contributed by atoms with Crippen LogP contribution in [0, 0.1) is 0 Å². The predicted molar refractivity (Wildman–Crippen MR) is 87.7 cm³/mol. The second-order valence-electron chi connectivity index (χ2n) is 4.74. The quantitative estimate of drug-likeness (QED) is 0.669. The van der Waals surface area contributed by atoms with Gasteiger partial charge in [-0.05, 0) is 36.4 Å². The summed E-state index contributed by atoms with van der Waals surface area (Å²) in [5.74, 6) is 0.445. The van der Waals surface area contributed by atoms with E-state index in [1.807, 2.05) is 0 Å². The fraction of sp³-hybridized carbons (Fsp3) is 0.0714. The van der Waals surface area contributed by atoms with E-state index in [9.17, 15) is 13.2 Å². The zero-order valence-electron chi connectivity index (χ0n) is 11.9. The molecule has 23 heavy (non-hydrogen) atoms. The van der Waals surface area contributed by atoms with Crippen LogP contribution in [0.1, 0.15) is 0 Å². The third kappa shape index (κ3) is 3.03. The molecule has 0 aliphatic rings. The molecule has 1 aromatic heterocycles. The highest BCUT2D eigenvalue weighted by molar-refractivity contribution is 7.92. The van der Waals surface area contributed by atoms with Crippen LogP contribution in [0.4, 0.5) is 5.69 Å². The third-order valence-corrected chi connectivity index (χ3v) is 4.88. The van der Waals surface area contributed by atoms with Crippen molar-refractivity contribution in [1.82, 2.24) is 9.97 Å². The molecule has 3 aromatic rings. The average Bonchev–Trinajstić information content (AvgIpc) is 2.86. The van der Waals surface area contributed by atoms with Gasteiger partial charge in [-0.25, -0.2) is 13.2 Å². The smallest absolute Gasteiger partial charge is 0.323 e. The van der Waals surface area contributed by atoms with Gasteiger partial charge in [0, 0.05) is 0 Å². The average molecular weight is 354 g/mol. The minimum atomic E-state index is -3.82. The van der Waals surface area contributed by atoms with E-state index in [2.05, 4.69) is 14.7 Å². The molecule has 120 valence electrons. The van der Waals surface area contributed by atoms with E-state index in [1.165, 1.54) is 31.4 Å². The van der Waals surface area contributed by atoms with Gasteiger partial charge in [-0.1, -0.05) is 11.6 Å². The van der Waals surface area contributed by atoms with Crippen LogP contribution in [0.15, 0.2) is 46.1 Å². The molecule has 0 saturated carbocycles. The van der Waals surface area contributed by atoms with Crippen LogP contribution in [0.2, 0.25) is 5.02 Å². The van der Waals surface area contributed by atoms with Crippen molar-refractivity contribution in [3.8, 4) is 5.75 Å². The van der Waals surface area contributed by atoms with Gasteiger partial charge in [-0.2, -0.15) is 0 Å². The van der Waals surface area contributed by atoms with E-state index >= 15 is 0 Å². The van der Waals surface area contributed by atoms with Crippen molar-refractivity contribution in [3.63, 3.8) is 0 Å². The second kappa shape index (κ2) is 5.64. The molecule has 3 rings (SSSR count). The molecule has 0 atom stereocenters. The summed E-state index contributed by atoms with van der Waals surface area (Å²) >= 11 is 5.98. The van der Waals surface area contributed by atoms with Crippen LogP contribution in [0.3, 0.4) is 0 Å². The zero-order chi connectivity index (χ0) is 16.6. The summed E-state index contributed by atoms with van der Waals surface area (Å²) in [5.41, 5.74) is 0.843. The van der Waals surface area contributed by atoms with Crippen molar-refractivity contribution in [2.24, 2.45) is 0 Å². The number of aromatic amines is 2. The number of benzene rings is 2. The Kier molecular flexibility index (Phi) is 3.78. The lowest BCUT2D eigenvalue weighted by Crippen LogP contribution is -2.12. The number of halogens is 1. The normalized spacial score (nSPS) is 11.6. The first kappa shape index (κ1) is 15.4. The van der Waals surface area contributed by atoms with Crippen LogP contribution in [0.25, 0.3) is 11.0 Å². The maximum atomic E-state index is 12.4. The third-order valence-electron chi connectivity index (χ3n) is 3.20. The molecule has 9 heteroatoms. The number of sulfonamides is 1. The van der Waals surface area contributed by atoms with Crippen molar-refractivity contribution in [2.75, 3.05) is 11.8 Å². The van der Waals surface area contributed by atoms with Crippen LogP contribution in [-0.2, 0) is 10.0 Å². The molecule has 2 aromatic carbocycles. The molecule has 0 fully saturated rings. The Bertz CT molecular complexity index is 1040. The molecule has 0 bridgehead atoms. The molecule has 0 radical (unpaired) electrons. The lowest BCUT2D eigenvalue weighted by molar-refractivity contribution is 0.415. The Morgan fingerprint density at radius 1 is 1.09 bits per heavy atom. The first-order valence-electron chi connectivity index (χ1n) is 6.47. The minimum absolute atomic E-state index is 0.0205. The fourth-order valence-corrected chi connectivity index (χ4v) is 3.46. The molecule has 7 nitrogen and oxygen atoms in total. The lowest BCUT2D eigenvalue weighted by Gasteiger charge is -2.10. The highest BCUT2D eigenvalue weighted by Crippen LogP contribution is 2.28. The number of ether oxygens (including phenoxy) is 1. The number of fused-ring (bicyclic) bond motifs is 1. The van der Waals surface area contributed by atoms with E-state index in [1.54, 1.807) is 12.1 Å². The maximum Gasteiger partial charge on any atom is 0.323 e. The van der Waals surface area contributed by atoms with Crippen LogP contribution >= 0.6 is 11.6 Å². The lowest BCUT2D eigenvalue weighted by atomic mass is 10.3. The summed E-state index contributed by atoms with van der Waals surface area (Å²) in [6.45, 7) is 0. The number of rotatable bonds is 4. The summed E-state index contributed by atoms with van der Waals surface area (Å²) in [7, 11) is -2.35. The second-order valence-corrected chi connectivity index (χ2v) is 6.83. The van der Waals surface area contributed by atoms with Gasteiger partial charge in [-0.15, -0.1) is 0 Å². The van der Waals surface area contributed by atoms with Crippen molar-refractivity contribution < 1.29 is 13.2 Å².